The molecule has 2 saturated heterocycles. The Balaban J connectivity index is 1.32. The number of amides is 4. The Kier molecular flexibility index (Phi) is 5.47. The van der Waals surface area contributed by atoms with Crippen LogP contribution in [0, 0.1) is 0 Å². The Bertz CT molecular complexity index is 1150. The first-order valence-electron chi connectivity index (χ1n) is 10.8. The fourth-order valence-corrected chi connectivity index (χ4v) is 4.29. The Morgan fingerprint density at radius 1 is 1.12 bits per heavy atom. The summed E-state index contributed by atoms with van der Waals surface area (Å²) in [6, 6.07) is 5.96. The number of imide groups is 2. The van der Waals surface area contributed by atoms with Crippen LogP contribution in [0.25, 0.3) is 0 Å². The van der Waals surface area contributed by atoms with Gasteiger partial charge in [-0.3, -0.25) is 29.4 Å². The van der Waals surface area contributed by atoms with Crippen molar-refractivity contribution in [2.24, 2.45) is 0 Å². The van der Waals surface area contributed by atoms with Crippen LogP contribution >= 0.6 is 0 Å². The molecule has 4 heterocycles. The minimum Gasteiger partial charge on any atom is -0.459 e. The summed E-state index contributed by atoms with van der Waals surface area (Å²) in [4.78, 5) is 59.3. The number of fused-ring (bicyclic) bond motifs is 1. The van der Waals surface area contributed by atoms with Crippen LogP contribution in [0.1, 0.15) is 45.5 Å². The van der Waals surface area contributed by atoms with Gasteiger partial charge in [-0.25, -0.2) is 4.98 Å². The normalized spacial score (nSPS) is 22.4. The fraction of sp³-hybridized carbons (Fsp3) is 0.364. The molecule has 2 fully saturated rings. The van der Waals surface area contributed by atoms with Gasteiger partial charge >= 0.3 is 6.01 Å². The maximum absolute atomic E-state index is 13.2. The Labute approximate surface area is 188 Å². The molecule has 4 amide bonds. The lowest BCUT2D eigenvalue weighted by atomic mass is 10.0. The van der Waals surface area contributed by atoms with Gasteiger partial charge in [0.25, 0.3) is 11.8 Å². The summed E-state index contributed by atoms with van der Waals surface area (Å²) in [7, 11) is 0. The van der Waals surface area contributed by atoms with Gasteiger partial charge in [0, 0.05) is 25.7 Å². The zero-order valence-electron chi connectivity index (χ0n) is 17.7. The number of nitrogens with zero attached hydrogens (tertiary/aromatic N) is 3. The van der Waals surface area contributed by atoms with Crippen LogP contribution in [0.15, 0.2) is 30.5 Å². The molecule has 0 radical (unpaired) electrons. The number of aromatic nitrogens is 2. The molecule has 0 spiro atoms. The number of carbonyl (C=O) groups is 4. The van der Waals surface area contributed by atoms with Gasteiger partial charge in [-0.1, -0.05) is 12.1 Å². The number of rotatable bonds is 6. The van der Waals surface area contributed by atoms with Gasteiger partial charge in [0.05, 0.1) is 11.1 Å². The van der Waals surface area contributed by atoms with Crippen molar-refractivity contribution < 1.29 is 23.9 Å². The highest BCUT2D eigenvalue weighted by atomic mass is 16.5. The first kappa shape index (κ1) is 21.0. The fourth-order valence-electron chi connectivity index (χ4n) is 4.29. The van der Waals surface area contributed by atoms with E-state index >= 15 is 0 Å². The summed E-state index contributed by atoms with van der Waals surface area (Å²) < 4.78 is 5.78. The van der Waals surface area contributed by atoms with Gasteiger partial charge in [0.15, 0.2) is 0 Å². The van der Waals surface area contributed by atoms with Crippen molar-refractivity contribution in [1.82, 2.24) is 25.5 Å². The number of piperidine rings is 1. The number of hydrogen-bond acceptors (Lipinski definition) is 9. The Hall–Kier alpha value is -3.86. The molecule has 33 heavy (non-hydrogen) atoms. The van der Waals surface area contributed by atoms with Crippen molar-refractivity contribution in [3.05, 3.63) is 47.2 Å². The second-order valence-electron chi connectivity index (χ2n) is 8.10. The zero-order valence-corrected chi connectivity index (χ0v) is 17.7. The minimum absolute atomic E-state index is 0.0274. The highest BCUT2D eigenvalue weighted by molar-refractivity contribution is 6.24. The largest absolute Gasteiger partial charge is 0.459 e. The van der Waals surface area contributed by atoms with Crippen LogP contribution in [0.3, 0.4) is 0 Å². The van der Waals surface area contributed by atoms with Gasteiger partial charge < -0.3 is 15.4 Å². The molecule has 0 bridgehead atoms. The van der Waals surface area contributed by atoms with Crippen LogP contribution in [-0.4, -0.2) is 63.7 Å². The molecule has 3 aliphatic heterocycles. The van der Waals surface area contributed by atoms with E-state index in [2.05, 4.69) is 25.9 Å². The van der Waals surface area contributed by atoms with Crippen molar-refractivity contribution >= 4 is 29.4 Å². The second kappa shape index (κ2) is 8.58. The second-order valence-corrected chi connectivity index (χ2v) is 8.10. The molecular formula is C22H22N6O5. The van der Waals surface area contributed by atoms with Gasteiger partial charge in [-0.05, 0) is 37.1 Å². The maximum Gasteiger partial charge on any atom is 0.318 e. The smallest absolute Gasteiger partial charge is 0.318 e. The monoisotopic (exact) mass is 450 g/mol. The number of ether oxygens (including phenoxy) is 1. The van der Waals surface area contributed by atoms with E-state index in [1.807, 2.05) is 0 Å². The van der Waals surface area contributed by atoms with Crippen LogP contribution in [0.2, 0.25) is 0 Å². The average Bonchev–Trinajstić information content (AvgIpc) is 3.40. The van der Waals surface area contributed by atoms with Crippen molar-refractivity contribution in [2.75, 3.05) is 18.4 Å². The number of anilines is 1. The summed E-state index contributed by atoms with van der Waals surface area (Å²) in [5.74, 6) is -1.60. The molecule has 3 N–H and O–H groups in total. The van der Waals surface area contributed by atoms with Gasteiger partial charge in [-0.15, -0.1) is 0 Å². The first-order chi connectivity index (χ1) is 16.0. The molecule has 11 heteroatoms. The summed E-state index contributed by atoms with van der Waals surface area (Å²) >= 11 is 0. The Morgan fingerprint density at radius 2 is 2.00 bits per heavy atom. The lowest BCUT2D eigenvalue weighted by molar-refractivity contribution is -0.136. The maximum atomic E-state index is 13.2. The lowest BCUT2D eigenvalue weighted by Gasteiger charge is -2.27. The van der Waals surface area contributed by atoms with Gasteiger partial charge in [0.1, 0.15) is 18.0 Å². The van der Waals surface area contributed by atoms with Crippen LogP contribution in [0.4, 0.5) is 5.82 Å². The van der Waals surface area contributed by atoms with Gasteiger partial charge in [-0.2, -0.15) is 4.98 Å². The average molecular weight is 450 g/mol. The van der Waals surface area contributed by atoms with Crippen molar-refractivity contribution in [1.29, 1.82) is 0 Å². The summed E-state index contributed by atoms with van der Waals surface area (Å²) in [5, 5.41) is 8.56. The topological polar surface area (TPSA) is 143 Å². The van der Waals surface area contributed by atoms with E-state index in [9.17, 15) is 19.2 Å². The zero-order chi connectivity index (χ0) is 22.9. The molecule has 3 aliphatic rings. The summed E-state index contributed by atoms with van der Waals surface area (Å²) in [5.41, 5.74) is 1.09. The molecule has 1 aromatic heterocycles. The molecule has 2 unspecified atom stereocenters. The van der Waals surface area contributed by atoms with E-state index < -0.39 is 29.7 Å². The van der Waals surface area contributed by atoms with Crippen molar-refractivity contribution in [3.63, 3.8) is 0 Å². The third kappa shape index (κ3) is 4.02. The van der Waals surface area contributed by atoms with E-state index in [1.54, 1.807) is 30.5 Å². The SMILES string of the molecule is O=C1CCC(N2C(=O)c3cccc(CNc4ccnc(OC5CCNC5)n4)c3C2=O)C(=O)N1. The van der Waals surface area contributed by atoms with E-state index in [0.717, 1.165) is 24.4 Å². The standard InChI is InChI=1S/C22H22N6O5/c29-17-5-4-15(19(30)27-17)28-20(31)14-3-1-2-12(18(14)21(28)32)10-25-16-7-9-24-22(26-16)33-13-6-8-23-11-13/h1-3,7,9,13,15,23H,4-6,8,10-11H2,(H,24,25,26)(H,27,29,30). The van der Waals surface area contributed by atoms with Crippen LogP contribution in [0.5, 0.6) is 6.01 Å². The predicted molar refractivity (Wildman–Crippen MR) is 114 cm³/mol. The van der Waals surface area contributed by atoms with E-state index in [0.29, 0.717) is 11.4 Å². The van der Waals surface area contributed by atoms with Crippen LogP contribution < -0.4 is 20.7 Å². The predicted octanol–water partition coefficient (Wildman–Crippen LogP) is 0.231. The minimum atomic E-state index is -0.998. The van der Waals surface area contributed by atoms with E-state index in [-0.39, 0.29) is 42.6 Å². The number of carbonyl (C=O) groups excluding carboxylic acids is 4. The highest BCUT2D eigenvalue weighted by Crippen LogP contribution is 2.30. The summed E-state index contributed by atoms with van der Waals surface area (Å²) in [6.07, 6.45) is 2.69. The Morgan fingerprint density at radius 3 is 2.79 bits per heavy atom. The first-order valence-corrected chi connectivity index (χ1v) is 10.8. The number of hydrogen-bond donors (Lipinski definition) is 3. The molecule has 5 rings (SSSR count). The van der Waals surface area contributed by atoms with E-state index in [4.69, 9.17) is 4.74 Å². The summed E-state index contributed by atoms with van der Waals surface area (Å²) in [6.45, 7) is 1.87. The molecule has 0 saturated carbocycles. The molecular weight excluding hydrogens is 428 g/mol. The third-order valence-electron chi connectivity index (χ3n) is 5.94. The lowest BCUT2D eigenvalue weighted by Crippen LogP contribution is -2.54. The van der Waals surface area contributed by atoms with Gasteiger partial charge in [0.2, 0.25) is 11.8 Å². The van der Waals surface area contributed by atoms with Crippen molar-refractivity contribution in [2.45, 2.75) is 38.0 Å². The van der Waals surface area contributed by atoms with E-state index in [1.165, 1.54) is 0 Å². The molecule has 0 aliphatic carbocycles. The third-order valence-corrected chi connectivity index (χ3v) is 5.94. The molecule has 2 aromatic rings. The van der Waals surface area contributed by atoms with Crippen molar-refractivity contribution in [3.8, 4) is 6.01 Å². The molecule has 11 nitrogen and oxygen atoms in total. The number of nitrogens with one attached hydrogen (secondary N) is 3. The quantitative estimate of drug-likeness (QED) is 0.527. The van der Waals surface area contributed by atoms with Crippen LogP contribution in [-0.2, 0) is 16.1 Å². The molecule has 2 atom stereocenters. The highest BCUT2D eigenvalue weighted by Gasteiger charge is 2.45. The molecule has 1 aromatic carbocycles. The molecule has 170 valence electrons. The number of benzene rings is 1.